The summed E-state index contributed by atoms with van der Waals surface area (Å²) in [6, 6.07) is 0. The smallest absolute Gasteiger partial charge is 0.225 e. The first kappa shape index (κ1) is 10.5. The summed E-state index contributed by atoms with van der Waals surface area (Å²) in [5, 5.41) is 3.19. The average Bonchev–Trinajstić information content (AvgIpc) is 3.10. The van der Waals surface area contributed by atoms with Crippen molar-refractivity contribution in [2.24, 2.45) is 11.8 Å². The number of allylic oxidation sites excluding steroid dienone is 1. The second-order valence-corrected chi connectivity index (χ2v) is 4.68. The van der Waals surface area contributed by atoms with Gasteiger partial charge >= 0.3 is 0 Å². The molecule has 1 fully saturated rings. The lowest BCUT2D eigenvalue weighted by molar-refractivity contribution is -0.131. The summed E-state index contributed by atoms with van der Waals surface area (Å²) in [5.74, 6) is 1.37. The van der Waals surface area contributed by atoms with Gasteiger partial charge in [-0.25, -0.2) is 0 Å². The highest BCUT2D eigenvalue weighted by Gasteiger charge is 2.31. The monoisotopic (exact) mass is 208 g/mol. The lowest BCUT2D eigenvalue weighted by atomic mass is 9.99. The quantitative estimate of drug-likeness (QED) is 0.756. The highest BCUT2D eigenvalue weighted by atomic mass is 16.2. The number of rotatable bonds is 4. The van der Waals surface area contributed by atoms with Crippen molar-refractivity contribution in [3.8, 4) is 0 Å². The Morgan fingerprint density at radius 3 is 2.87 bits per heavy atom. The topological polar surface area (TPSA) is 32.3 Å². The van der Waals surface area contributed by atoms with E-state index in [1.165, 1.54) is 6.42 Å². The van der Waals surface area contributed by atoms with Crippen LogP contribution in [0.5, 0.6) is 0 Å². The molecule has 1 amide bonds. The van der Waals surface area contributed by atoms with Gasteiger partial charge in [-0.3, -0.25) is 4.79 Å². The zero-order valence-corrected chi connectivity index (χ0v) is 9.41. The van der Waals surface area contributed by atoms with Crippen molar-refractivity contribution in [3.63, 3.8) is 0 Å². The van der Waals surface area contributed by atoms with Gasteiger partial charge in [0.1, 0.15) is 0 Å². The summed E-state index contributed by atoms with van der Waals surface area (Å²) in [5.41, 5.74) is 0. The van der Waals surface area contributed by atoms with E-state index in [1.54, 1.807) is 0 Å². The molecular weight excluding hydrogens is 188 g/mol. The van der Waals surface area contributed by atoms with E-state index in [2.05, 4.69) is 11.4 Å². The maximum atomic E-state index is 11.7. The van der Waals surface area contributed by atoms with Gasteiger partial charge in [-0.05, 0) is 37.8 Å². The van der Waals surface area contributed by atoms with Crippen LogP contribution in [-0.4, -0.2) is 30.9 Å². The minimum absolute atomic E-state index is 0.355. The lowest BCUT2D eigenvalue weighted by Gasteiger charge is -2.22. The highest BCUT2D eigenvalue weighted by molar-refractivity contribution is 5.80. The molecule has 1 saturated carbocycles. The zero-order valence-electron chi connectivity index (χ0n) is 9.41. The van der Waals surface area contributed by atoms with Gasteiger partial charge in [-0.2, -0.15) is 0 Å². The number of nitrogens with zero attached hydrogens (tertiary/aromatic N) is 1. The highest BCUT2D eigenvalue weighted by Crippen LogP contribution is 2.30. The maximum absolute atomic E-state index is 11.7. The van der Waals surface area contributed by atoms with Crippen molar-refractivity contribution in [2.75, 3.05) is 20.1 Å². The molecule has 0 aromatic rings. The van der Waals surface area contributed by atoms with Crippen LogP contribution in [0, 0.1) is 11.8 Å². The molecule has 1 N–H and O–H groups in total. The van der Waals surface area contributed by atoms with Gasteiger partial charge in [-0.1, -0.05) is 6.08 Å². The molecular formula is C12H20N2O. The molecule has 1 aliphatic heterocycles. The van der Waals surface area contributed by atoms with E-state index in [9.17, 15) is 4.79 Å². The summed E-state index contributed by atoms with van der Waals surface area (Å²) in [6.07, 6.45) is 8.78. The fraction of sp³-hybridized carbons (Fsp3) is 0.750. The second kappa shape index (κ2) is 4.69. The van der Waals surface area contributed by atoms with Gasteiger partial charge in [0.15, 0.2) is 0 Å². The molecule has 0 spiro atoms. The van der Waals surface area contributed by atoms with E-state index in [0.717, 1.165) is 32.4 Å². The molecule has 0 aromatic carbocycles. The van der Waals surface area contributed by atoms with Crippen molar-refractivity contribution in [1.82, 2.24) is 10.2 Å². The predicted molar refractivity (Wildman–Crippen MR) is 60.2 cm³/mol. The molecule has 84 valence electrons. The predicted octanol–water partition coefficient (Wildman–Crippen LogP) is 1.37. The Kier molecular flexibility index (Phi) is 3.29. The summed E-state index contributed by atoms with van der Waals surface area (Å²) in [4.78, 5) is 13.6. The van der Waals surface area contributed by atoms with E-state index in [-0.39, 0.29) is 0 Å². The second-order valence-electron chi connectivity index (χ2n) is 4.68. The third kappa shape index (κ3) is 2.98. The molecule has 2 rings (SSSR count). The number of nitrogens with one attached hydrogen (secondary N) is 1. The van der Waals surface area contributed by atoms with Crippen molar-refractivity contribution < 1.29 is 4.79 Å². The normalized spacial score (nSPS) is 24.7. The minimum Gasteiger partial charge on any atom is -0.391 e. The van der Waals surface area contributed by atoms with Gasteiger partial charge in [0.25, 0.3) is 0 Å². The van der Waals surface area contributed by atoms with Crippen LogP contribution in [0.4, 0.5) is 0 Å². The van der Waals surface area contributed by atoms with Crippen LogP contribution in [-0.2, 0) is 4.79 Å². The molecule has 3 heteroatoms. The summed E-state index contributed by atoms with van der Waals surface area (Å²) in [7, 11) is 1.94. The van der Waals surface area contributed by atoms with E-state index in [0.29, 0.717) is 17.7 Å². The number of hydrogen-bond acceptors (Lipinski definition) is 2. The van der Waals surface area contributed by atoms with Crippen LogP contribution < -0.4 is 5.32 Å². The van der Waals surface area contributed by atoms with Crippen LogP contribution in [0.25, 0.3) is 0 Å². The van der Waals surface area contributed by atoms with Crippen molar-refractivity contribution in [3.05, 3.63) is 12.3 Å². The Hall–Kier alpha value is -0.990. The standard InChI is InChI=1S/C12H20N2O/c1-14(12(15)11-2-3-11)9-6-10-4-7-13-8-5-10/h4,7,10-11,13H,2-3,5-6,8-9H2,1H3. The van der Waals surface area contributed by atoms with Crippen LogP contribution in [0.2, 0.25) is 0 Å². The Morgan fingerprint density at radius 1 is 1.47 bits per heavy atom. The van der Waals surface area contributed by atoms with Gasteiger partial charge in [0.05, 0.1) is 0 Å². The van der Waals surface area contributed by atoms with E-state index in [4.69, 9.17) is 0 Å². The minimum atomic E-state index is 0.355. The summed E-state index contributed by atoms with van der Waals surface area (Å²) >= 11 is 0. The first-order valence-electron chi connectivity index (χ1n) is 5.92. The van der Waals surface area contributed by atoms with Crippen LogP contribution >= 0.6 is 0 Å². The van der Waals surface area contributed by atoms with Crippen molar-refractivity contribution >= 4 is 5.91 Å². The lowest BCUT2D eigenvalue weighted by Crippen LogP contribution is -2.30. The summed E-state index contributed by atoms with van der Waals surface area (Å²) < 4.78 is 0. The molecule has 1 atom stereocenters. The molecule has 15 heavy (non-hydrogen) atoms. The molecule has 1 unspecified atom stereocenters. The molecule has 3 nitrogen and oxygen atoms in total. The van der Waals surface area contributed by atoms with Crippen molar-refractivity contribution in [2.45, 2.75) is 25.7 Å². The third-order valence-electron chi connectivity index (χ3n) is 3.28. The zero-order chi connectivity index (χ0) is 10.7. The average molecular weight is 208 g/mol. The van der Waals surface area contributed by atoms with Gasteiger partial charge < -0.3 is 10.2 Å². The first-order valence-corrected chi connectivity index (χ1v) is 5.92. The van der Waals surface area contributed by atoms with Crippen LogP contribution in [0.1, 0.15) is 25.7 Å². The Morgan fingerprint density at radius 2 is 2.27 bits per heavy atom. The van der Waals surface area contributed by atoms with E-state index < -0.39 is 0 Å². The molecule has 0 aromatic heterocycles. The fourth-order valence-electron chi connectivity index (χ4n) is 2.00. The van der Waals surface area contributed by atoms with E-state index >= 15 is 0 Å². The first-order chi connectivity index (χ1) is 7.27. The van der Waals surface area contributed by atoms with E-state index in [1.807, 2.05) is 18.1 Å². The van der Waals surface area contributed by atoms with Gasteiger partial charge in [0.2, 0.25) is 5.91 Å². The number of hydrogen-bond donors (Lipinski definition) is 1. The molecule has 0 radical (unpaired) electrons. The van der Waals surface area contributed by atoms with Crippen molar-refractivity contribution in [1.29, 1.82) is 0 Å². The number of carbonyl (C=O) groups excluding carboxylic acids is 1. The third-order valence-corrected chi connectivity index (χ3v) is 3.28. The molecule has 1 heterocycles. The van der Waals surface area contributed by atoms with Crippen LogP contribution in [0.15, 0.2) is 12.3 Å². The molecule has 2 aliphatic rings. The van der Waals surface area contributed by atoms with Gasteiger partial charge in [-0.15, -0.1) is 0 Å². The molecule has 1 aliphatic carbocycles. The van der Waals surface area contributed by atoms with Gasteiger partial charge in [0, 0.05) is 26.1 Å². The molecule has 0 saturated heterocycles. The Labute approximate surface area is 91.5 Å². The summed E-state index contributed by atoms with van der Waals surface area (Å²) in [6.45, 7) is 1.98. The Bertz CT molecular complexity index is 258. The molecule has 0 bridgehead atoms. The van der Waals surface area contributed by atoms with Crippen LogP contribution in [0.3, 0.4) is 0 Å². The SMILES string of the molecule is CN(CCC1C=CNCC1)C(=O)C1CC1. The number of amides is 1. The fourth-order valence-corrected chi connectivity index (χ4v) is 2.00. The maximum Gasteiger partial charge on any atom is 0.225 e. The number of carbonyl (C=O) groups is 1. The largest absolute Gasteiger partial charge is 0.391 e. The Balaban J connectivity index is 1.69.